The van der Waals surface area contributed by atoms with Gasteiger partial charge in [0.25, 0.3) is 0 Å². The van der Waals surface area contributed by atoms with Gasteiger partial charge in [-0.15, -0.1) is 11.8 Å². The van der Waals surface area contributed by atoms with Gasteiger partial charge in [-0.05, 0) is 38.1 Å². The van der Waals surface area contributed by atoms with Gasteiger partial charge in [0.2, 0.25) is 0 Å². The summed E-state index contributed by atoms with van der Waals surface area (Å²) < 4.78 is 0. The Morgan fingerprint density at radius 2 is 1.68 bits per heavy atom. The summed E-state index contributed by atoms with van der Waals surface area (Å²) in [4.78, 5) is 1.34. The molecule has 2 aromatic rings. The van der Waals surface area contributed by atoms with Crippen LogP contribution < -0.4 is 5.32 Å². The minimum Gasteiger partial charge on any atom is -0.316 e. The van der Waals surface area contributed by atoms with Crippen molar-refractivity contribution in [2.45, 2.75) is 24.3 Å². The van der Waals surface area contributed by atoms with Crippen LogP contribution in [0.1, 0.15) is 11.1 Å². The minimum atomic E-state index is 0.507. The normalized spacial score (nSPS) is 12.3. The highest BCUT2D eigenvalue weighted by molar-refractivity contribution is 7.99. The van der Waals surface area contributed by atoms with Gasteiger partial charge in [0.1, 0.15) is 0 Å². The molecule has 0 fully saturated rings. The minimum absolute atomic E-state index is 0.507. The van der Waals surface area contributed by atoms with E-state index in [1.54, 1.807) is 0 Å². The first-order valence-electron chi connectivity index (χ1n) is 6.68. The zero-order valence-electron chi connectivity index (χ0n) is 11.6. The molecule has 1 unspecified atom stereocenters. The van der Waals surface area contributed by atoms with Crippen molar-refractivity contribution in [2.75, 3.05) is 12.8 Å². The summed E-state index contributed by atoms with van der Waals surface area (Å²) in [7, 11) is 2.05. The molecule has 100 valence electrons. The van der Waals surface area contributed by atoms with E-state index in [4.69, 9.17) is 0 Å². The van der Waals surface area contributed by atoms with Crippen molar-refractivity contribution in [1.29, 1.82) is 0 Å². The van der Waals surface area contributed by atoms with Crippen molar-refractivity contribution in [1.82, 2.24) is 5.32 Å². The Labute approximate surface area is 120 Å². The molecule has 0 spiro atoms. The second kappa shape index (κ2) is 7.37. The summed E-state index contributed by atoms with van der Waals surface area (Å²) >= 11 is 1.91. The number of benzene rings is 2. The number of thioether (sulfide) groups is 1. The first kappa shape index (κ1) is 14.2. The predicted molar refractivity (Wildman–Crippen MR) is 84.9 cm³/mol. The number of rotatable bonds is 6. The topological polar surface area (TPSA) is 12.0 Å². The van der Waals surface area contributed by atoms with Crippen LogP contribution in [0.5, 0.6) is 0 Å². The Bertz CT molecular complexity index is 478. The van der Waals surface area contributed by atoms with Gasteiger partial charge in [0.15, 0.2) is 0 Å². The highest BCUT2D eigenvalue weighted by Gasteiger charge is 2.07. The second-order valence-electron chi connectivity index (χ2n) is 4.80. The number of likely N-dealkylation sites (N-methyl/N-ethyl adjacent to an activating group) is 1. The molecule has 0 saturated heterocycles. The van der Waals surface area contributed by atoms with Gasteiger partial charge >= 0.3 is 0 Å². The molecule has 2 rings (SSSR count). The fraction of sp³-hybridized carbons (Fsp3) is 0.294. The summed E-state index contributed by atoms with van der Waals surface area (Å²) in [5.74, 6) is 1.09. The Balaban J connectivity index is 1.88. The predicted octanol–water partition coefficient (Wildman–Crippen LogP) is 3.92. The standard InChI is InChI=1S/C17H21NS/c1-14-8-10-15(11-9-14)12-16(18-2)13-19-17-6-4-3-5-7-17/h3-11,16,18H,12-13H2,1-2H3. The van der Waals surface area contributed by atoms with Gasteiger partial charge in [0.05, 0.1) is 0 Å². The zero-order valence-corrected chi connectivity index (χ0v) is 12.4. The summed E-state index contributed by atoms with van der Waals surface area (Å²) in [6.07, 6.45) is 1.08. The van der Waals surface area contributed by atoms with E-state index in [0.29, 0.717) is 6.04 Å². The number of hydrogen-bond acceptors (Lipinski definition) is 2. The van der Waals surface area contributed by atoms with E-state index in [1.807, 2.05) is 18.8 Å². The Kier molecular flexibility index (Phi) is 5.49. The lowest BCUT2D eigenvalue weighted by molar-refractivity contribution is 0.617. The molecule has 0 aliphatic rings. The summed E-state index contributed by atoms with van der Waals surface area (Å²) in [6, 6.07) is 19.9. The van der Waals surface area contributed by atoms with Gasteiger partial charge in [-0.3, -0.25) is 0 Å². The third-order valence-corrected chi connectivity index (χ3v) is 4.38. The van der Waals surface area contributed by atoms with Crippen LogP contribution >= 0.6 is 11.8 Å². The van der Waals surface area contributed by atoms with Crippen LogP contribution in [0.4, 0.5) is 0 Å². The molecule has 0 amide bonds. The molecule has 2 heteroatoms. The Hall–Kier alpha value is -1.25. The van der Waals surface area contributed by atoms with Crippen molar-refractivity contribution < 1.29 is 0 Å². The van der Waals surface area contributed by atoms with E-state index < -0.39 is 0 Å². The zero-order chi connectivity index (χ0) is 13.5. The number of aryl methyl sites for hydroxylation is 1. The number of hydrogen-bond donors (Lipinski definition) is 1. The Morgan fingerprint density at radius 3 is 2.32 bits per heavy atom. The molecule has 0 aromatic heterocycles. The first-order chi connectivity index (χ1) is 9.28. The summed E-state index contributed by atoms with van der Waals surface area (Å²) in [5, 5.41) is 3.41. The molecule has 0 heterocycles. The molecule has 0 aliphatic carbocycles. The van der Waals surface area contributed by atoms with Gasteiger partial charge in [-0.2, -0.15) is 0 Å². The van der Waals surface area contributed by atoms with E-state index >= 15 is 0 Å². The molecule has 1 N–H and O–H groups in total. The lowest BCUT2D eigenvalue weighted by atomic mass is 10.1. The largest absolute Gasteiger partial charge is 0.316 e. The molecule has 1 atom stereocenters. The lowest BCUT2D eigenvalue weighted by Crippen LogP contribution is -2.30. The van der Waals surface area contributed by atoms with E-state index in [1.165, 1.54) is 16.0 Å². The van der Waals surface area contributed by atoms with Crippen LogP contribution in [0.3, 0.4) is 0 Å². The SMILES string of the molecule is CNC(CSc1ccccc1)Cc1ccc(C)cc1. The highest BCUT2D eigenvalue weighted by atomic mass is 32.2. The van der Waals surface area contributed by atoms with Crippen molar-refractivity contribution in [3.05, 3.63) is 65.7 Å². The fourth-order valence-electron chi connectivity index (χ4n) is 1.97. The van der Waals surface area contributed by atoms with Crippen LogP contribution in [0.25, 0.3) is 0 Å². The molecule has 0 radical (unpaired) electrons. The molecule has 0 saturated carbocycles. The average Bonchev–Trinajstić information content (AvgIpc) is 2.46. The van der Waals surface area contributed by atoms with Gasteiger partial charge in [0, 0.05) is 16.7 Å². The summed E-state index contributed by atoms with van der Waals surface area (Å²) in [5.41, 5.74) is 2.72. The highest BCUT2D eigenvalue weighted by Crippen LogP contribution is 2.19. The monoisotopic (exact) mass is 271 g/mol. The van der Waals surface area contributed by atoms with E-state index in [-0.39, 0.29) is 0 Å². The molecule has 1 nitrogen and oxygen atoms in total. The van der Waals surface area contributed by atoms with Gasteiger partial charge < -0.3 is 5.32 Å². The molecular formula is C17H21NS. The van der Waals surface area contributed by atoms with Crippen LogP contribution in [-0.2, 0) is 6.42 Å². The van der Waals surface area contributed by atoms with Crippen LogP contribution in [0.15, 0.2) is 59.5 Å². The molecular weight excluding hydrogens is 250 g/mol. The van der Waals surface area contributed by atoms with Crippen LogP contribution in [0.2, 0.25) is 0 Å². The first-order valence-corrected chi connectivity index (χ1v) is 7.67. The fourth-order valence-corrected chi connectivity index (χ4v) is 2.99. The van der Waals surface area contributed by atoms with E-state index in [2.05, 4.69) is 66.8 Å². The molecule has 0 aliphatic heterocycles. The third-order valence-electron chi connectivity index (χ3n) is 3.21. The van der Waals surface area contributed by atoms with Gasteiger partial charge in [-0.25, -0.2) is 0 Å². The van der Waals surface area contributed by atoms with Crippen molar-refractivity contribution in [3.8, 4) is 0 Å². The third kappa shape index (κ3) is 4.73. The van der Waals surface area contributed by atoms with E-state index in [9.17, 15) is 0 Å². The van der Waals surface area contributed by atoms with Crippen molar-refractivity contribution in [2.24, 2.45) is 0 Å². The van der Waals surface area contributed by atoms with E-state index in [0.717, 1.165) is 12.2 Å². The van der Waals surface area contributed by atoms with Crippen LogP contribution in [-0.4, -0.2) is 18.8 Å². The molecule has 0 bridgehead atoms. The number of nitrogens with one attached hydrogen (secondary N) is 1. The summed E-state index contributed by atoms with van der Waals surface area (Å²) in [6.45, 7) is 2.13. The average molecular weight is 271 g/mol. The van der Waals surface area contributed by atoms with Crippen molar-refractivity contribution >= 4 is 11.8 Å². The molecule has 2 aromatic carbocycles. The lowest BCUT2D eigenvalue weighted by Gasteiger charge is -2.16. The Morgan fingerprint density at radius 1 is 1.00 bits per heavy atom. The van der Waals surface area contributed by atoms with Crippen LogP contribution in [0, 0.1) is 6.92 Å². The maximum atomic E-state index is 3.41. The maximum Gasteiger partial charge on any atom is 0.0199 e. The maximum absolute atomic E-state index is 3.41. The van der Waals surface area contributed by atoms with Crippen molar-refractivity contribution in [3.63, 3.8) is 0 Å². The smallest absolute Gasteiger partial charge is 0.0199 e. The van der Waals surface area contributed by atoms with Gasteiger partial charge in [-0.1, -0.05) is 48.0 Å². The second-order valence-corrected chi connectivity index (χ2v) is 5.89. The molecule has 19 heavy (non-hydrogen) atoms. The quantitative estimate of drug-likeness (QED) is 0.799.